The van der Waals surface area contributed by atoms with Gasteiger partial charge < -0.3 is 4.57 Å². The summed E-state index contributed by atoms with van der Waals surface area (Å²) in [5, 5.41) is 0. The third-order valence-corrected chi connectivity index (χ3v) is 6.55. The molecule has 9 heteroatoms. The average molecular weight is 418 g/mol. The van der Waals surface area contributed by atoms with Crippen molar-refractivity contribution in [3.63, 3.8) is 0 Å². The Kier molecular flexibility index (Phi) is 5.39. The third kappa shape index (κ3) is 4.68. The van der Waals surface area contributed by atoms with E-state index in [0.29, 0.717) is 12.2 Å². The van der Waals surface area contributed by atoms with Crippen molar-refractivity contribution in [3.8, 4) is 0 Å². The Bertz CT molecular complexity index is 1240. The van der Waals surface area contributed by atoms with E-state index in [-0.39, 0.29) is 15.4 Å². The SMILES string of the molecule is CS(=O)(=O)c1ccc(S(=O)(=O)Nc2ccc(Cn3ccccc3=O)cc2)cc1. The highest BCUT2D eigenvalue weighted by Gasteiger charge is 2.16. The summed E-state index contributed by atoms with van der Waals surface area (Å²) in [5.74, 6) is 0. The van der Waals surface area contributed by atoms with Crippen LogP contribution in [0.15, 0.2) is 87.5 Å². The van der Waals surface area contributed by atoms with Gasteiger partial charge in [0.25, 0.3) is 15.6 Å². The fraction of sp³-hybridized carbons (Fsp3) is 0.105. The van der Waals surface area contributed by atoms with E-state index in [1.807, 2.05) is 0 Å². The number of anilines is 1. The predicted octanol–water partition coefficient (Wildman–Crippen LogP) is 2.10. The van der Waals surface area contributed by atoms with Gasteiger partial charge in [0, 0.05) is 24.2 Å². The smallest absolute Gasteiger partial charge is 0.261 e. The van der Waals surface area contributed by atoms with Crippen LogP contribution in [-0.2, 0) is 26.4 Å². The van der Waals surface area contributed by atoms with Crippen LogP contribution in [0.4, 0.5) is 5.69 Å². The minimum Gasteiger partial charge on any atom is -0.311 e. The Morgan fingerprint density at radius 2 is 1.43 bits per heavy atom. The Morgan fingerprint density at radius 3 is 2.00 bits per heavy atom. The first-order valence-corrected chi connectivity index (χ1v) is 11.6. The summed E-state index contributed by atoms with van der Waals surface area (Å²) in [5.41, 5.74) is 1.08. The van der Waals surface area contributed by atoms with E-state index in [1.165, 1.54) is 30.3 Å². The quantitative estimate of drug-likeness (QED) is 0.660. The van der Waals surface area contributed by atoms with Crippen molar-refractivity contribution in [2.24, 2.45) is 0 Å². The summed E-state index contributed by atoms with van der Waals surface area (Å²) in [6.45, 7) is 0.375. The number of nitrogens with zero attached hydrogens (tertiary/aromatic N) is 1. The van der Waals surface area contributed by atoms with Crippen molar-refractivity contribution < 1.29 is 16.8 Å². The number of pyridine rings is 1. The lowest BCUT2D eigenvalue weighted by molar-refractivity contribution is 0.597. The molecule has 0 atom stereocenters. The number of hydrogen-bond donors (Lipinski definition) is 1. The summed E-state index contributed by atoms with van der Waals surface area (Å²) in [6, 6.07) is 16.6. The zero-order valence-corrected chi connectivity index (χ0v) is 16.6. The minimum atomic E-state index is -3.85. The molecule has 3 rings (SSSR count). The van der Waals surface area contributed by atoms with Crippen molar-refractivity contribution in [1.29, 1.82) is 0 Å². The molecule has 0 spiro atoms. The molecule has 0 aliphatic carbocycles. The molecule has 0 radical (unpaired) electrons. The number of hydrogen-bond acceptors (Lipinski definition) is 5. The highest BCUT2D eigenvalue weighted by Crippen LogP contribution is 2.19. The monoisotopic (exact) mass is 418 g/mol. The first-order valence-electron chi connectivity index (χ1n) is 8.22. The molecule has 0 unspecified atom stereocenters. The summed E-state index contributed by atoms with van der Waals surface area (Å²) < 4.78 is 51.9. The van der Waals surface area contributed by atoms with E-state index in [0.717, 1.165) is 11.8 Å². The molecule has 1 aromatic heterocycles. The molecule has 0 saturated heterocycles. The molecule has 3 aromatic rings. The highest BCUT2D eigenvalue weighted by atomic mass is 32.2. The Morgan fingerprint density at radius 1 is 0.821 bits per heavy atom. The van der Waals surface area contributed by atoms with E-state index in [1.54, 1.807) is 47.2 Å². The Labute approximate surface area is 163 Å². The molecule has 0 saturated carbocycles. The van der Waals surface area contributed by atoms with Gasteiger partial charge in [-0.15, -0.1) is 0 Å². The summed E-state index contributed by atoms with van der Waals surface area (Å²) in [7, 11) is -7.25. The van der Waals surface area contributed by atoms with Crippen LogP contribution in [0.3, 0.4) is 0 Å². The van der Waals surface area contributed by atoms with Crippen molar-refractivity contribution in [3.05, 3.63) is 88.8 Å². The maximum Gasteiger partial charge on any atom is 0.261 e. The molecule has 0 amide bonds. The average Bonchev–Trinajstić information content (AvgIpc) is 2.64. The van der Waals surface area contributed by atoms with Crippen LogP contribution in [0.1, 0.15) is 5.56 Å². The van der Waals surface area contributed by atoms with Crippen molar-refractivity contribution >= 4 is 25.5 Å². The van der Waals surface area contributed by atoms with Gasteiger partial charge in [-0.2, -0.15) is 0 Å². The fourth-order valence-electron chi connectivity index (χ4n) is 2.55. The van der Waals surface area contributed by atoms with Gasteiger partial charge in [0.1, 0.15) is 0 Å². The number of aromatic nitrogens is 1. The van der Waals surface area contributed by atoms with Gasteiger partial charge in [-0.05, 0) is 48.0 Å². The van der Waals surface area contributed by atoms with Crippen molar-refractivity contribution in [1.82, 2.24) is 4.57 Å². The van der Waals surface area contributed by atoms with Gasteiger partial charge in [-0.3, -0.25) is 9.52 Å². The summed E-state index contributed by atoms with van der Waals surface area (Å²) in [6.07, 6.45) is 2.74. The fourth-order valence-corrected chi connectivity index (χ4v) is 4.24. The van der Waals surface area contributed by atoms with E-state index in [9.17, 15) is 21.6 Å². The predicted molar refractivity (Wildman–Crippen MR) is 107 cm³/mol. The molecule has 1 N–H and O–H groups in total. The molecule has 7 nitrogen and oxygen atoms in total. The van der Waals surface area contributed by atoms with E-state index >= 15 is 0 Å². The van der Waals surface area contributed by atoms with Crippen LogP contribution in [-0.4, -0.2) is 27.7 Å². The molecule has 1 heterocycles. The molecule has 0 aliphatic rings. The number of benzene rings is 2. The van der Waals surface area contributed by atoms with E-state index in [2.05, 4.69) is 4.72 Å². The van der Waals surface area contributed by atoms with Crippen LogP contribution in [0.5, 0.6) is 0 Å². The first kappa shape index (κ1) is 19.8. The van der Waals surface area contributed by atoms with Crippen LogP contribution < -0.4 is 10.3 Å². The summed E-state index contributed by atoms with van der Waals surface area (Å²) in [4.78, 5) is 11.8. The third-order valence-electron chi connectivity index (χ3n) is 4.02. The second-order valence-corrected chi connectivity index (χ2v) is 9.91. The molecule has 2 aromatic carbocycles. The van der Waals surface area contributed by atoms with Crippen molar-refractivity contribution in [2.45, 2.75) is 16.3 Å². The zero-order chi connectivity index (χ0) is 20.4. The summed E-state index contributed by atoms with van der Waals surface area (Å²) >= 11 is 0. The molecule has 28 heavy (non-hydrogen) atoms. The lowest BCUT2D eigenvalue weighted by Crippen LogP contribution is -2.18. The number of sulfone groups is 1. The molecular formula is C19H18N2O5S2. The normalized spacial score (nSPS) is 11.9. The number of nitrogens with one attached hydrogen (secondary N) is 1. The second kappa shape index (κ2) is 7.61. The van der Waals surface area contributed by atoms with Gasteiger partial charge in [0.2, 0.25) is 0 Å². The van der Waals surface area contributed by atoms with E-state index < -0.39 is 19.9 Å². The molecular weight excluding hydrogens is 400 g/mol. The highest BCUT2D eigenvalue weighted by molar-refractivity contribution is 7.92. The van der Waals surface area contributed by atoms with Crippen LogP contribution in [0.25, 0.3) is 0 Å². The molecule has 0 aliphatic heterocycles. The number of sulfonamides is 1. The zero-order valence-electron chi connectivity index (χ0n) is 14.9. The van der Waals surface area contributed by atoms with Crippen molar-refractivity contribution in [2.75, 3.05) is 11.0 Å². The standard InChI is InChI=1S/C19H18N2O5S2/c1-27(23,24)17-9-11-18(12-10-17)28(25,26)20-16-7-5-15(6-8-16)14-21-13-3-2-4-19(21)22/h2-13,20H,14H2,1H3. The molecule has 146 valence electrons. The van der Waals surface area contributed by atoms with Gasteiger partial charge >= 0.3 is 0 Å². The van der Waals surface area contributed by atoms with Gasteiger partial charge in [-0.25, -0.2) is 16.8 Å². The molecule has 0 fully saturated rings. The van der Waals surface area contributed by atoms with Gasteiger partial charge in [0.05, 0.1) is 16.3 Å². The van der Waals surface area contributed by atoms with E-state index in [4.69, 9.17) is 0 Å². The lowest BCUT2D eigenvalue weighted by Gasteiger charge is -2.10. The minimum absolute atomic E-state index is 0.0418. The van der Waals surface area contributed by atoms with Gasteiger partial charge in [0.15, 0.2) is 9.84 Å². The van der Waals surface area contributed by atoms with Gasteiger partial charge in [-0.1, -0.05) is 18.2 Å². The molecule has 0 bridgehead atoms. The maximum absolute atomic E-state index is 12.5. The lowest BCUT2D eigenvalue weighted by atomic mass is 10.2. The number of rotatable bonds is 6. The second-order valence-electron chi connectivity index (χ2n) is 6.21. The van der Waals surface area contributed by atoms with Crippen LogP contribution in [0, 0.1) is 0 Å². The first-order chi connectivity index (χ1) is 13.1. The Hall–Kier alpha value is -2.91. The maximum atomic E-state index is 12.5. The largest absolute Gasteiger partial charge is 0.311 e. The topological polar surface area (TPSA) is 102 Å². The van der Waals surface area contributed by atoms with Crippen LogP contribution >= 0.6 is 0 Å². The van der Waals surface area contributed by atoms with Crippen LogP contribution in [0.2, 0.25) is 0 Å². The Balaban J connectivity index is 1.76.